The van der Waals surface area contributed by atoms with Crippen LogP contribution in [0.15, 0.2) is 18.2 Å². The van der Waals surface area contributed by atoms with Crippen molar-refractivity contribution in [3.63, 3.8) is 0 Å². The number of ether oxygens (including phenoxy) is 5. The lowest BCUT2D eigenvalue weighted by Gasteiger charge is -2.15. The number of thiophene rings is 1. The molecule has 1 unspecified atom stereocenters. The first-order valence-electron chi connectivity index (χ1n) is 11.1. The summed E-state index contributed by atoms with van der Waals surface area (Å²) in [5.74, 6) is 2.04. The van der Waals surface area contributed by atoms with E-state index in [-0.39, 0.29) is 18.6 Å². The Morgan fingerprint density at radius 1 is 1.21 bits per heavy atom. The Balaban J connectivity index is 1.46. The monoisotopic (exact) mass is 487 g/mol. The number of hydrogen-bond donors (Lipinski definition) is 1. The van der Waals surface area contributed by atoms with Crippen molar-refractivity contribution < 1.29 is 28.5 Å². The van der Waals surface area contributed by atoms with Crippen LogP contribution in [0, 0.1) is 6.92 Å². The van der Waals surface area contributed by atoms with Crippen LogP contribution in [0.1, 0.15) is 39.5 Å². The van der Waals surface area contributed by atoms with Crippen LogP contribution in [0.25, 0.3) is 10.2 Å². The molecule has 3 aromatic rings. The molecule has 1 atom stereocenters. The molecule has 0 radical (unpaired) electrons. The first-order valence-corrected chi connectivity index (χ1v) is 11.9. The molecule has 1 fully saturated rings. The van der Waals surface area contributed by atoms with Gasteiger partial charge in [0.1, 0.15) is 18.0 Å². The lowest BCUT2D eigenvalue weighted by atomic mass is 10.1. The Morgan fingerprint density at radius 3 is 2.76 bits per heavy atom. The van der Waals surface area contributed by atoms with Gasteiger partial charge in [-0.2, -0.15) is 4.98 Å². The van der Waals surface area contributed by atoms with Gasteiger partial charge >= 0.3 is 0 Å². The van der Waals surface area contributed by atoms with Gasteiger partial charge in [0.25, 0.3) is 5.91 Å². The summed E-state index contributed by atoms with van der Waals surface area (Å²) in [6.07, 6.45) is 2.20. The van der Waals surface area contributed by atoms with Gasteiger partial charge < -0.3 is 29.0 Å². The molecule has 0 spiro atoms. The highest BCUT2D eigenvalue weighted by molar-refractivity contribution is 7.20. The number of carbonyl (C=O) groups excluding carboxylic acids is 1. The lowest BCUT2D eigenvalue weighted by molar-refractivity contribution is 0.0669. The summed E-state index contributed by atoms with van der Waals surface area (Å²) in [6.45, 7) is 3.76. The van der Waals surface area contributed by atoms with Crippen molar-refractivity contribution in [1.29, 1.82) is 0 Å². The molecule has 1 saturated heterocycles. The second-order valence-corrected chi connectivity index (χ2v) is 8.93. The van der Waals surface area contributed by atoms with Gasteiger partial charge in [0.05, 0.1) is 30.6 Å². The van der Waals surface area contributed by atoms with Crippen molar-refractivity contribution in [2.24, 2.45) is 0 Å². The molecule has 0 bridgehead atoms. The van der Waals surface area contributed by atoms with Gasteiger partial charge in [-0.1, -0.05) is 6.07 Å². The number of amides is 1. The van der Waals surface area contributed by atoms with Crippen LogP contribution in [-0.4, -0.2) is 56.5 Å². The molecule has 1 aliphatic rings. The Hall–Kier alpha value is -2.95. The smallest absolute Gasteiger partial charge is 0.261 e. The highest BCUT2D eigenvalue weighted by Gasteiger charge is 2.21. The maximum absolute atomic E-state index is 13.0. The largest absolute Gasteiger partial charge is 0.493 e. The first kappa shape index (κ1) is 24.2. The maximum atomic E-state index is 13.0. The molecule has 182 valence electrons. The van der Waals surface area contributed by atoms with E-state index < -0.39 is 0 Å². The quantitative estimate of drug-likeness (QED) is 0.463. The molecule has 1 N–H and O–H groups in total. The average molecular weight is 488 g/mol. The molecule has 2 aromatic heterocycles. The van der Waals surface area contributed by atoms with Crippen LogP contribution in [0.2, 0.25) is 0 Å². The predicted molar refractivity (Wildman–Crippen MR) is 128 cm³/mol. The number of hydrogen-bond acceptors (Lipinski definition) is 9. The number of aromatic nitrogens is 2. The standard InChI is InChI=1S/C24H29N3O6S/c1-14-20-23(31-4)26-19(13-29-2)27-24(20)34-21(14)22(28)25-11-15-7-8-17(18(10-15)30-3)33-12-16-6-5-9-32-16/h7-8,10,16H,5-6,9,11-13H2,1-4H3,(H,25,28). The molecular formula is C24H29N3O6S. The molecule has 10 heteroatoms. The Morgan fingerprint density at radius 2 is 2.06 bits per heavy atom. The van der Waals surface area contributed by atoms with E-state index in [1.807, 2.05) is 25.1 Å². The summed E-state index contributed by atoms with van der Waals surface area (Å²) in [7, 11) is 4.73. The van der Waals surface area contributed by atoms with Crippen LogP contribution < -0.4 is 19.5 Å². The molecule has 9 nitrogen and oxygen atoms in total. The minimum Gasteiger partial charge on any atom is -0.493 e. The van der Waals surface area contributed by atoms with Crippen molar-refractivity contribution in [3.8, 4) is 17.4 Å². The number of methoxy groups -OCH3 is 3. The number of nitrogens with zero attached hydrogens (tertiary/aromatic N) is 2. The average Bonchev–Trinajstić information content (AvgIpc) is 3.49. The van der Waals surface area contributed by atoms with Gasteiger partial charge in [0.2, 0.25) is 5.88 Å². The zero-order chi connectivity index (χ0) is 24.1. The van der Waals surface area contributed by atoms with Gasteiger partial charge in [-0.25, -0.2) is 4.98 Å². The molecule has 1 aromatic carbocycles. The van der Waals surface area contributed by atoms with E-state index in [9.17, 15) is 4.79 Å². The van der Waals surface area contributed by atoms with Gasteiger partial charge in [-0.3, -0.25) is 4.79 Å². The first-order chi connectivity index (χ1) is 16.5. The van der Waals surface area contributed by atoms with E-state index in [2.05, 4.69) is 15.3 Å². The van der Waals surface area contributed by atoms with Crippen molar-refractivity contribution in [1.82, 2.24) is 15.3 Å². The van der Waals surface area contributed by atoms with E-state index in [1.54, 1.807) is 21.3 Å². The van der Waals surface area contributed by atoms with Crippen LogP contribution in [0.4, 0.5) is 0 Å². The van der Waals surface area contributed by atoms with E-state index in [0.29, 0.717) is 46.1 Å². The molecule has 3 heterocycles. The number of fused-ring (bicyclic) bond motifs is 1. The summed E-state index contributed by atoms with van der Waals surface area (Å²) < 4.78 is 27.6. The van der Waals surface area contributed by atoms with E-state index in [0.717, 1.165) is 36.0 Å². The fourth-order valence-corrected chi connectivity index (χ4v) is 4.97. The molecule has 1 amide bonds. The number of rotatable bonds is 10. The molecular weight excluding hydrogens is 458 g/mol. The minimum absolute atomic E-state index is 0.127. The third-order valence-electron chi connectivity index (χ3n) is 5.61. The second kappa shape index (κ2) is 11.0. The fourth-order valence-electron chi connectivity index (χ4n) is 3.86. The zero-order valence-electron chi connectivity index (χ0n) is 19.8. The Labute approximate surface area is 202 Å². The van der Waals surface area contributed by atoms with Crippen molar-refractivity contribution >= 4 is 27.5 Å². The minimum atomic E-state index is -0.187. The molecule has 1 aliphatic heterocycles. The Bertz CT molecular complexity index is 1160. The number of benzene rings is 1. The molecule has 34 heavy (non-hydrogen) atoms. The third-order valence-corrected chi connectivity index (χ3v) is 6.79. The van der Waals surface area contributed by atoms with E-state index >= 15 is 0 Å². The number of nitrogens with one attached hydrogen (secondary N) is 1. The molecule has 0 aliphatic carbocycles. The van der Waals surface area contributed by atoms with Gasteiger partial charge in [-0.05, 0) is 43.0 Å². The number of carbonyl (C=O) groups is 1. The normalized spacial score (nSPS) is 15.5. The highest BCUT2D eigenvalue weighted by atomic mass is 32.1. The second-order valence-electron chi connectivity index (χ2n) is 7.93. The zero-order valence-corrected chi connectivity index (χ0v) is 20.6. The van der Waals surface area contributed by atoms with Crippen LogP contribution >= 0.6 is 11.3 Å². The topological polar surface area (TPSA) is 101 Å². The summed E-state index contributed by atoms with van der Waals surface area (Å²) in [5, 5.41) is 3.73. The number of aryl methyl sites for hydroxylation is 1. The van der Waals surface area contributed by atoms with Crippen molar-refractivity contribution in [2.45, 2.75) is 39.0 Å². The summed E-state index contributed by atoms with van der Waals surface area (Å²) in [6, 6.07) is 5.64. The van der Waals surface area contributed by atoms with Crippen molar-refractivity contribution in [2.75, 3.05) is 34.5 Å². The van der Waals surface area contributed by atoms with Gasteiger partial charge in [0, 0.05) is 20.3 Å². The third kappa shape index (κ3) is 5.24. The van der Waals surface area contributed by atoms with Crippen LogP contribution in [-0.2, 0) is 22.6 Å². The van der Waals surface area contributed by atoms with Gasteiger partial charge in [0.15, 0.2) is 17.3 Å². The van der Waals surface area contributed by atoms with Gasteiger partial charge in [-0.15, -0.1) is 11.3 Å². The van der Waals surface area contributed by atoms with E-state index in [1.165, 1.54) is 11.3 Å². The molecule has 0 saturated carbocycles. The summed E-state index contributed by atoms with van der Waals surface area (Å²) >= 11 is 1.31. The SMILES string of the molecule is COCc1nc(OC)c2c(C)c(C(=O)NCc3ccc(OCC4CCCO4)c(OC)c3)sc2n1. The van der Waals surface area contributed by atoms with Crippen molar-refractivity contribution in [3.05, 3.63) is 40.0 Å². The Kier molecular flexibility index (Phi) is 7.81. The maximum Gasteiger partial charge on any atom is 0.261 e. The molecule has 4 rings (SSSR count). The lowest BCUT2D eigenvalue weighted by Crippen LogP contribution is -2.22. The van der Waals surface area contributed by atoms with E-state index in [4.69, 9.17) is 23.7 Å². The summed E-state index contributed by atoms with van der Waals surface area (Å²) in [4.78, 5) is 23.2. The fraction of sp³-hybridized carbons (Fsp3) is 0.458. The van der Waals surface area contributed by atoms with Crippen LogP contribution in [0.3, 0.4) is 0 Å². The predicted octanol–water partition coefficient (Wildman–Crippen LogP) is 3.65. The summed E-state index contributed by atoms with van der Waals surface area (Å²) in [5.41, 5.74) is 1.68. The van der Waals surface area contributed by atoms with Crippen LogP contribution in [0.5, 0.6) is 17.4 Å². The highest BCUT2D eigenvalue weighted by Crippen LogP contribution is 2.35.